The van der Waals surface area contributed by atoms with Gasteiger partial charge in [0.2, 0.25) is 0 Å². The molecule has 19 heavy (non-hydrogen) atoms. The zero-order chi connectivity index (χ0) is 13.1. The Bertz CT molecular complexity index is 686. The zero-order valence-corrected chi connectivity index (χ0v) is 10.2. The van der Waals surface area contributed by atoms with E-state index in [0.29, 0.717) is 12.3 Å². The normalized spacial score (nSPS) is 10.7. The van der Waals surface area contributed by atoms with E-state index in [0.717, 1.165) is 23.0 Å². The van der Waals surface area contributed by atoms with Crippen molar-refractivity contribution in [2.45, 2.75) is 6.42 Å². The molecule has 0 unspecified atom stereocenters. The number of nitrogens with one attached hydrogen (secondary N) is 2. The number of fused-ring (bicyclic) bond motifs is 1. The SMILES string of the molecule is O=C(NCCc1ccc2nc[nH]c2c1)c1ccco1. The Hall–Kier alpha value is -2.56. The molecule has 2 aromatic heterocycles. The second-order valence-electron chi connectivity index (χ2n) is 4.24. The molecule has 0 aliphatic carbocycles. The summed E-state index contributed by atoms with van der Waals surface area (Å²) < 4.78 is 5.02. The van der Waals surface area contributed by atoms with Crippen LogP contribution in [0, 0.1) is 0 Å². The summed E-state index contributed by atoms with van der Waals surface area (Å²) in [4.78, 5) is 18.9. The molecule has 1 amide bonds. The fourth-order valence-corrected chi connectivity index (χ4v) is 1.95. The number of carbonyl (C=O) groups excluding carboxylic acids is 1. The molecule has 3 aromatic rings. The van der Waals surface area contributed by atoms with Gasteiger partial charge in [0.05, 0.1) is 23.6 Å². The lowest BCUT2D eigenvalue weighted by Gasteiger charge is -2.03. The van der Waals surface area contributed by atoms with E-state index < -0.39 is 0 Å². The van der Waals surface area contributed by atoms with Crippen LogP contribution < -0.4 is 5.32 Å². The van der Waals surface area contributed by atoms with Crippen molar-refractivity contribution in [1.29, 1.82) is 0 Å². The van der Waals surface area contributed by atoms with E-state index in [9.17, 15) is 4.79 Å². The van der Waals surface area contributed by atoms with E-state index in [1.54, 1.807) is 18.5 Å². The molecule has 2 heterocycles. The molecule has 0 saturated heterocycles. The van der Waals surface area contributed by atoms with Crippen molar-refractivity contribution in [2.75, 3.05) is 6.54 Å². The predicted octanol–water partition coefficient (Wildman–Crippen LogP) is 2.13. The monoisotopic (exact) mass is 255 g/mol. The van der Waals surface area contributed by atoms with Crippen molar-refractivity contribution in [3.63, 3.8) is 0 Å². The maximum absolute atomic E-state index is 11.6. The highest BCUT2D eigenvalue weighted by Gasteiger charge is 2.07. The zero-order valence-electron chi connectivity index (χ0n) is 10.2. The van der Waals surface area contributed by atoms with Crippen LogP contribution in [0.15, 0.2) is 47.3 Å². The summed E-state index contributed by atoms with van der Waals surface area (Å²) in [6.45, 7) is 0.569. The van der Waals surface area contributed by atoms with Crippen molar-refractivity contribution in [3.05, 3.63) is 54.2 Å². The Morgan fingerprint density at radius 3 is 3.16 bits per heavy atom. The van der Waals surface area contributed by atoms with Crippen molar-refractivity contribution < 1.29 is 9.21 Å². The van der Waals surface area contributed by atoms with E-state index in [2.05, 4.69) is 15.3 Å². The van der Waals surface area contributed by atoms with Gasteiger partial charge in [-0.25, -0.2) is 4.98 Å². The lowest BCUT2D eigenvalue weighted by Crippen LogP contribution is -2.25. The number of furan rings is 1. The van der Waals surface area contributed by atoms with Crippen molar-refractivity contribution in [3.8, 4) is 0 Å². The van der Waals surface area contributed by atoms with E-state index in [1.165, 1.54) is 6.26 Å². The average Bonchev–Trinajstić information content (AvgIpc) is 3.09. The van der Waals surface area contributed by atoms with E-state index in [1.807, 2.05) is 18.2 Å². The minimum atomic E-state index is -0.187. The molecule has 0 radical (unpaired) electrons. The Balaban J connectivity index is 1.58. The minimum Gasteiger partial charge on any atom is -0.459 e. The Labute approximate surface area is 109 Å². The minimum absolute atomic E-state index is 0.187. The van der Waals surface area contributed by atoms with Gasteiger partial charge < -0.3 is 14.7 Å². The number of hydrogen-bond donors (Lipinski definition) is 2. The lowest BCUT2D eigenvalue weighted by molar-refractivity contribution is 0.0926. The smallest absolute Gasteiger partial charge is 0.286 e. The summed E-state index contributed by atoms with van der Waals surface area (Å²) in [6, 6.07) is 9.37. The van der Waals surface area contributed by atoms with Crippen LogP contribution in [0.25, 0.3) is 11.0 Å². The summed E-state index contributed by atoms with van der Waals surface area (Å²) in [6.07, 6.45) is 3.93. The van der Waals surface area contributed by atoms with E-state index >= 15 is 0 Å². The highest BCUT2D eigenvalue weighted by molar-refractivity contribution is 5.91. The van der Waals surface area contributed by atoms with Gasteiger partial charge in [-0.2, -0.15) is 0 Å². The molecule has 1 aromatic carbocycles. The summed E-state index contributed by atoms with van der Waals surface area (Å²) >= 11 is 0. The number of rotatable bonds is 4. The molecule has 0 bridgehead atoms. The summed E-state index contributed by atoms with van der Waals surface area (Å²) in [5.41, 5.74) is 3.11. The first-order chi connectivity index (χ1) is 9.33. The van der Waals surface area contributed by atoms with Gasteiger partial charge in [0, 0.05) is 6.54 Å². The average molecular weight is 255 g/mol. The molecule has 0 atom stereocenters. The van der Waals surface area contributed by atoms with Gasteiger partial charge in [-0.05, 0) is 36.2 Å². The first-order valence-electron chi connectivity index (χ1n) is 6.06. The van der Waals surface area contributed by atoms with Crippen LogP contribution in [-0.2, 0) is 6.42 Å². The van der Waals surface area contributed by atoms with Crippen molar-refractivity contribution >= 4 is 16.9 Å². The van der Waals surface area contributed by atoms with Gasteiger partial charge in [0.1, 0.15) is 0 Å². The van der Waals surface area contributed by atoms with Crippen molar-refractivity contribution in [2.24, 2.45) is 0 Å². The van der Waals surface area contributed by atoms with Gasteiger partial charge >= 0.3 is 0 Å². The largest absolute Gasteiger partial charge is 0.459 e. The quantitative estimate of drug-likeness (QED) is 0.750. The van der Waals surface area contributed by atoms with Crippen LogP contribution in [0.2, 0.25) is 0 Å². The topological polar surface area (TPSA) is 70.9 Å². The van der Waals surface area contributed by atoms with E-state index in [4.69, 9.17) is 4.42 Å². The highest BCUT2D eigenvalue weighted by atomic mass is 16.3. The Morgan fingerprint density at radius 2 is 2.32 bits per heavy atom. The fraction of sp³-hybridized carbons (Fsp3) is 0.143. The molecule has 0 aliphatic rings. The number of carbonyl (C=O) groups is 1. The Kier molecular flexibility index (Phi) is 3.02. The van der Waals surface area contributed by atoms with Crippen LogP contribution in [0.1, 0.15) is 16.1 Å². The van der Waals surface area contributed by atoms with Crippen LogP contribution in [0.5, 0.6) is 0 Å². The molecule has 0 spiro atoms. The van der Waals surface area contributed by atoms with Crippen LogP contribution >= 0.6 is 0 Å². The first kappa shape index (κ1) is 11.5. The maximum atomic E-state index is 11.6. The van der Waals surface area contributed by atoms with Gasteiger partial charge in [0.25, 0.3) is 5.91 Å². The van der Waals surface area contributed by atoms with Gasteiger partial charge in [0.15, 0.2) is 5.76 Å². The highest BCUT2D eigenvalue weighted by Crippen LogP contribution is 2.11. The molecule has 0 fully saturated rings. The molecule has 96 valence electrons. The molecule has 3 rings (SSSR count). The third kappa shape index (κ3) is 2.49. The number of amides is 1. The molecule has 2 N–H and O–H groups in total. The Morgan fingerprint density at radius 1 is 1.37 bits per heavy atom. The summed E-state index contributed by atoms with van der Waals surface area (Å²) in [5.74, 6) is 0.150. The maximum Gasteiger partial charge on any atom is 0.286 e. The number of aromatic amines is 1. The van der Waals surface area contributed by atoms with Crippen molar-refractivity contribution in [1.82, 2.24) is 15.3 Å². The number of benzene rings is 1. The molecule has 5 nitrogen and oxygen atoms in total. The molecule has 5 heteroatoms. The predicted molar refractivity (Wildman–Crippen MR) is 70.8 cm³/mol. The molecule has 0 aliphatic heterocycles. The number of aromatic nitrogens is 2. The fourth-order valence-electron chi connectivity index (χ4n) is 1.95. The van der Waals surface area contributed by atoms with Crippen LogP contribution in [0.3, 0.4) is 0 Å². The first-order valence-corrected chi connectivity index (χ1v) is 6.06. The summed E-state index contributed by atoms with van der Waals surface area (Å²) in [5, 5.41) is 2.82. The number of hydrogen-bond acceptors (Lipinski definition) is 3. The number of imidazole rings is 1. The van der Waals surface area contributed by atoms with E-state index in [-0.39, 0.29) is 5.91 Å². The second kappa shape index (κ2) is 4.97. The van der Waals surface area contributed by atoms with Gasteiger partial charge in [-0.15, -0.1) is 0 Å². The lowest BCUT2D eigenvalue weighted by atomic mass is 10.1. The standard InChI is InChI=1S/C14H13N3O2/c18-14(13-2-1-7-19-13)15-6-5-10-3-4-11-12(8-10)17-9-16-11/h1-4,7-9H,5-6H2,(H,15,18)(H,16,17). The third-order valence-electron chi connectivity index (χ3n) is 2.93. The third-order valence-corrected chi connectivity index (χ3v) is 2.93. The number of nitrogens with zero attached hydrogens (tertiary/aromatic N) is 1. The van der Waals surface area contributed by atoms with Crippen LogP contribution in [-0.4, -0.2) is 22.4 Å². The molecular formula is C14H13N3O2. The van der Waals surface area contributed by atoms with Gasteiger partial charge in [-0.3, -0.25) is 4.79 Å². The van der Waals surface area contributed by atoms with Crippen LogP contribution in [0.4, 0.5) is 0 Å². The molecule has 0 saturated carbocycles. The second-order valence-corrected chi connectivity index (χ2v) is 4.24. The van der Waals surface area contributed by atoms with Gasteiger partial charge in [-0.1, -0.05) is 6.07 Å². The summed E-state index contributed by atoms with van der Waals surface area (Å²) in [7, 11) is 0. The molecular weight excluding hydrogens is 242 g/mol. The number of H-pyrrole nitrogens is 1.